The number of carbonyl (C=O) groups is 3. The number of furan rings is 1. The van der Waals surface area contributed by atoms with Crippen molar-refractivity contribution < 1.29 is 27.2 Å². The molecule has 1 saturated heterocycles. The number of benzene rings is 1. The van der Waals surface area contributed by atoms with Gasteiger partial charge in [-0.15, -0.1) is 0 Å². The van der Waals surface area contributed by atoms with Gasteiger partial charge in [0.1, 0.15) is 5.76 Å². The molecule has 1 aliphatic heterocycles. The van der Waals surface area contributed by atoms with Crippen LogP contribution in [0.3, 0.4) is 0 Å². The van der Waals surface area contributed by atoms with E-state index in [2.05, 4.69) is 5.32 Å². The van der Waals surface area contributed by atoms with E-state index in [4.69, 9.17) is 4.42 Å². The Bertz CT molecular complexity index is 1060. The first-order valence-electron chi connectivity index (χ1n) is 9.69. The number of nitrogens with one attached hydrogen (secondary N) is 1. The van der Waals surface area contributed by atoms with Gasteiger partial charge in [-0.3, -0.25) is 14.4 Å². The van der Waals surface area contributed by atoms with Crippen LogP contribution in [0.2, 0.25) is 0 Å². The highest BCUT2D eigenvalue weighted by atomic mass is 32.2. The first kappa shape index (κ1) is 21.8. The van der Waals surface area contributed by atoms with Gasteiger partial charge in [-0.1, -0.05) is 24.3 Å². The van der Waals surface area contributed by atoms with Crippen LogP contribution in [0.15, 0.2) is 40.8 Å². The van der Waals surface area contributed by atoms with Gasteiger partial charge in [-0.2, -0.15) is 0 Å². The summed E-state index contributed by atoms with van der Waals surface area (Å²) < 4.78 is 28.7. The Balaban J connectivity index is 1.64. The summed E-state index contributed by atoms with van der Waals surface area (Å²) in [5.74, 6) is -0.301. The topological polar surface area (TPSA) is 114 Å². The van der Waals surface area contributed by atoms with Crippen LogP contribution < -0.4 is 5.32 Å². The van der Waals surface area contributed by atoms with Crippen LogP contribution in [0.25, 0.3) is 11.3 Å². The van der Waals surface area contributed by atoms with E-state index >= 15 is 0 Å². The minimum atomic E-state index is -3.09. The van der Waals surface area contributed by atoms with E-state index < -0.39 is 27.7 Å². The van der Waals surface area contributed by atoms with Gasteiger partial charge in [-0.25, -0.2) is 8.42 Å². The molecule has 1 atom stereocenters. The maximum atomic E-state index is 12.8. The third-order valence-corrected chi connectivity index (χ3v) is 6.76. The summed E-state index contributed by atoms with van der Waals surface area (Å²) in [7, 11) is -3.09. The molecule has 1 aromatic heterocycles. The lowest BCUT2D eigenvalue weighted by molar-refractivity contribution is -0.122. The number of amides is 2. The fraction of sp³-hybridized carbons (Fsp3) is 0.381. The Morgan fingerprint density at radius 2 is 1.83 bits per heavy atom. The average molecular weight is 432 g/mol. The van der Waals surface area contributed by atoms with Gasteiger partial charge < -0.3 is 14.6 Å². The second-order valence-corrected chi connectivity index (χ2v) is 9.51. The van der Waals surface area contributed by atoms with Gasteiger partial charge in [0.05, 0.1) is 18.1 Å². The van der Waals surface area contributed by atoms with Crippen molar-refractivity contribution in [3.63, 3.8) is 0 Å². The zero-order valence-corrected chi connectivity index (χ0v) is 17.7. The predicted molar refractivity (Wildman–Crippen MR) is 111 cm³/mol. The lowest BCUT2D eigenvalue weighted by Gasteiger charge is -2.20. The van der Waals surface area contributed by atoms with Crippen LogP contribution >= 0.6 is 0 Å². The molecule has 1 aromatic carbocycles. The number of rotatable bonds is 7. The van der Waals surface area contributed by atoms with Crippen molar-refractivity contribution in [2.75, 3.05) is 24.6 Å². The molecular weight excluding hydrogens is 408 g/mol. The number of hydrogen-bond donors (Lipinski definition) is 1. The summed E-state index contributed by atoms with van der Waals surface area (Å²) >= 11 is 0. The van der Waals surface area contributed by atoms with Crippen molar-refractivity contribution in [1.29, 1.82) is 0 Å². The van der Waals surface area contributed by atoms with Gasteiger partial charge in [0.2, 0.25) is 5.91 Å². The quantitative estimate of drug-likeness (QED) is 0.669. The number of likely N-dealkylation sites (N-methyl/N-ethyl adjacent to an activating group) is 1. The number of carbonyl (C=O) groups excluding carboxylic acids is 3. The van der Waals surface area contributed by atoms with E-state index in [1.807, 2.05) is 0 Å². The number of ketones is 1. The van der Waals surface area contributed by atoms with E-state index in [9.17, 15) is 22.8 Å². The first-order valence-corrected chi connectivity index (χ1v) is 11.5. The zero-order valence-electron chi connectivity index (χ0n) is 16.9. The molecule has 30 heavy (non-hydrogen) atoms. The highest BCUT2D eigenvalue weighted by Gasteiger charge is 2.30. The number of hydrogen-bond acceptors (Lipinski definition) is 6. The third-order valence-electron chi connectivity index (χ3n) is 4.99. The lowest BCUT2D eigenvalue weighted by Crippen LogP contribution is -2.44. The summed E-state index contributed by atoms with van der Waals surface area (Å²) in [5.41, 5.74) is 1.31. The van der Waals surface area contributed by atoms with Gasteiger partial charge in [0, 0.05) is 23.7 Å². The summed E-state index contributed by atoms with van der Waals surface area (Å²) in [5, 5.41) is 2.68. The molecule has 1 aliphatic rings. The predicted octanol–water partition coefficient (Wildman–Crippen LogP) is 1.91. The fourth-order valence-corrected chi connectivity index (χ4v) is 4.99. The third kappa shape index (κ3) is 5.15. The van der Waals surface area contributed by atoms with Crippen molar-refractivity contribution in [2.45, 2.75) is 26.3 Å². The zero-order chi connectivity index (χ0) is 21.9. The molecule has 0 bridgehead atoms. The number of sulfone groups is 1. The van der Waals surface area contributed by atoms with E-state index in [0.717, 1.165) is 5.56 Å². The molecule has 2 amide bonds. The van der Waals surface area contributed by atoms with Crippen molar-refractivity contribution in [3.05, 3.63) is 47.7 Å². The van der Waals surface area contributed by atoms with E-state index in [0.29, 0.717) is 24.3 Å². The van der Waals surface area contributed by atoms with Crippen molar-refractivity contribution in [2.24, 2.45) is 0 Å². The maximum absolute atomic E-state index is 12.8. The molecule has 9 heteroatoms. The molecule has 160 valence electrons. The summed E-state index contributed by atoms with van der Waals surface area (Å²) in [4.78, 5) is 37.7. The first-order chi connectivity index (χ1) is 14.2. The molecule has 1 fully saturated rings. The lowest BCUT2D eigenvalue weighted by atomic mass is 10.1. The van der Waals surface area contributed by atoms with E-state index in [1.165, 1.54) is 11.8 Å². The minimum Gasteiger partial charge on any atom is -0.451 e. The minimum absolute atomic E-state index is 0.0380. The second-order valence-electron chi connectivity index (χ2n) is 7.28. The Morgan fingerprint density at radius 1 is 1.13 bits per heavy atom. The Hall–Kier alpha value is -2.94. The molecule has 2 aromatic rings. The van der Waals surface area contributed by atoms with Crippen LogP contribution in [0.4, 0.5) is 0 Å². The van der Waals surface area contributed by atoms with Crippen LogP contribution in [0.5, 0.6) is 0 Å². The molecule has 0 saturated carbocycles. The molecule has 0 unspecified atom stereocenters. The van der Waals surface area contributed by atoms with Crippen LogP contribution in [-0.2, 0) is 14.6 Å². The van der Waals surface area contributed by atoms with Gasteiger partial charge in [0.25, 0.3) is 5.91 Å². The van der Waals surface area contributed by atoms with Crippen LogP contribution in [0, 0.1) is 0 Å². The van der Waals surface area contributed by atoms with Crippen molar-refractivity contribution in [3.8, 4) is 11.3 Å². The summed E-state index contributed by atoms with van der Waals surface area (Å²) in [6, 6.07) is 9.65. The molecule has 2 heterocycles. The molecule has 0 aliphatic carbocycles. The number of nitrogens with zero attached hydrogens (tertiary/aromatic N) is 1. The standard InChI is InChI=1S/C21H24N2O6S/c1-3-23(12-20(25)22-17-10-11-30(27,28)13-17)21(26)19-9-8-18(29-19)16-6-4-15(5-7-16)14(2)24/h4-9,17H,3,10-13H2,1-2H3,(H,22,25)/t17-/m1/s1. The van der Waals surface area contributed by atoms with Crippen LogP contribution in [0.1, 0.15) is 41.2 Å². The molecule has 3 rings (SSSR count). The van der Waals surface area contributed by atoms with Gasteiger partial charge in [-0.05, 0) is 32.4 Å². The summed E-state index contributed by atoms with van der Waals surface area (Å²) in [6.07, 6.45) is 0.387. The summed E-state index contributed by atoms with van der Waals surface area (Å²) in [6.45, 7) is 3.34. The van der Waals surface area contributed by atoms with E-state index in [-0.39, 0.29) is 29.6 Å². The largest absolute Gasteiger partial charge is 0.451 e. The molecule has 1 N–H and O–H groups in total. The second kappa shape index (κ2) is 8.83. The number of Topliss-reactive ketones (excluding diaryl/α,β-unsaturated/α-hetero) is 1. The average Bonchev–Trinajstić information content (AvgIpc) is 3.32. The van der Waals surface area contributed by atoms with Crippen LogP contribution in [-0.4, -0.2) is 61.6 Å². The molecule has 0 radical (unpaired) electrons. The van der Waals surface area contributed by atoms with Crippen molar-refractivity contribution in [1.82, 2.24) is 10.2 Å². The SMILES string of the molecule is CCN(CC(=O)N[C@@H]1CCS(=O)(=O)C1)C(=O)c1ccc(-c2ccc(C(C)=O)cc2)o1. The Labute approximate surface area is 175 Å². The highest BCUT2D eigenvalue weighted by molar-refractivity contribution is 7.91. The molecule has 8 nitrogen and oxygen atoms in total. The van der Waals surface area contributed by atoms with Gasteiger partial charge >= 0.3 is 0 Å². The van der Waals surface area contributed by atoms with Crippen molar-refractivity contribution >= 4 is 27.4 Å². The monoisotopic (exact) mass is 432 g/mol. The maximum Gasteiger partial charge on any atom is 0.290 e. The normalized spacial score (nSPS) is 17.5. The smallest absolute Gasteiger partial charge is 0.290 e. The Morgan fingerprint density at radius 3 is 2.40 bits per heavy atom. The molecular formula is C21H24N2O6S. The fourth-order valence-electron chi connectivity index (χ4n) is 3.32. The molecule has 0 spiro atoms. The van der Waals surface area contributed by atoms with E-state index in [1.54, 1.807) is 43.3 Å². The highest BCUT2D eigenvalue weighted by Crippen LogP contribution is 2.23. The van der Waals surface area contributed by atoms with Gasteiger partial charge in [0.15, 0.2) is 21.4 Å². The Kier molecular flexibility index (Phi) is 6.40.